The normalized spacial score (nSPS) is 10.9. The molecule has 1 aromatic heterocycles. The highest BCUT2D eigenvalue weighted by Gasteiger charge is 2.08. The van der Waals surface area contributed by atoms with Crippen molar-refractivity contribution in [2.24, 2.45) is 7.05 Å². The van der Waals surface area contributed by atoms with E-state index in [9.17, 15) is 4.39 Å². The summed E-state index contributed by atoms with van der Waals surface area (Å²) in [5, 5.41) is 7.56. The molecule has 0 aliphatic rings. The van der Waals surface area contributed by atoms with Gasteiger partial charge < -0.3 is 5.32 Å². The Morgan fingerprint density at radius 2 is 2.11 bits per heavy atom. The van der Waals surface area contributed by atoms with E-state index in [1.807, 2.05) is 24.8 Å². The molecular weight excluding hydrogens is 229 g/mol. The zero-order valence-corrected chi connectivity index (χ0v) is 11.0. The van der Waals surface area contributed by atoms with Crippen molar-refractivity contribution in [1.29, 1.82) is 0 Å². The van der Waals surface area contributed by atoms with Gasteiger partial charge in [-0.25, -0.2) is 4.39 Å². The van der Waals surface area contributed by atoms with Crippen LogP contribution in [0.15, 0.2) is 24.3 Å². The highest BCUT2D eigenvalue weighted by atomic mass is 19.1. The van der Waals surface area contributed by atoms with Crippen LogP contribution in [-0.2, 0) is 13.5 Å². The minimum atomic E-state index is -0.170. The Bertz CT molecular complexity index is 546. The molecule has 0 radical (unpaired) electrons. The molecular formula is C14H18FN3. The second-order valence-electron chi connectivity index (χ2n) is 4.46. The Kier molecular flexibility index (Phi) is 3.77. The second-order valence-corrected chi connectivity index (χ2v) is 4.46. The molecule has 0 saturated heterocycles. The van der Waals surface area contributed by atoms with E-state index in [0.717, 1.165) is 29.9 Å². The summed E-state index contributed by atoms with van der Waals surface area (Å²) in [4.78, 5) is 0. The van der Waals surface area contributed by atoms with Gasteiger partial charge in [-0.15, -0.1) is 0 Å². The van der Waals surface area contributed by atoms with Crippen LogP contribution in [0.4, 0.5) is 4.39 Å². The molecule has 1 heterocycles. The SMILES string of the molecule is CNCCc1cc(-c2ccc(F)c(C)c2)n(C)n1. The van der Waals surface area contributed by atoms with Gasteiger partial charge in [-0.05, 0) is 43.8 Å². The van der Waals surface area contributed by atoms with E-state index in [0.29, 0.717) is 5.56 Å². The molecule has 0 atom stereocenters. The first kappa shape index (κ1) is 12.8. The van der Waals surface area contributed by atoms with Crippen molar-refractivity contribution >= 4 is 0 Å². The summed E-state index contributed by atoms with van der Waals surface area (Å²) in [7, 11) is 3.84. The summed E-state index contributed by atoms with van der Waals surface area (Å²) in [6.07, 6.45) is 0.893. The van der Waals surface area contributed by atoms with Crippen LogP contribution in [0.1, 0.15) is 11.3 Å². The predicted molar refractivity (Wildman–Crippen MR) is 71.0 cm³/mol. The van der Waals surface area contributed by atoms with Gasteiger partial charge in [0, 0.05) is 25.6 Å². The van der Waals surface area contributed by atoms with Crippen LogP contribution in [0.3, 0.4) is 0 Å². The van der Waals surface area contributed by atoms with E-state index in [-0.39, 0.29) is 5.82 Å². The van der Waals surface area contributed by atoms with Gasteiger partial charge in [0.1, 0.15) is 5.82 Å². The van der Waals surface area contributed by atoms with Gasteiger partial charge in [0.2, 0.25) is 0 Å². The topological polar surface area (TPSA) is 29.9 Å². The van der Waals surface area contributed by atoms with E-state index in [1.165, 1.54) is 6.07 Å². The van der Waals surface area contributed by atoms with Crippen molar-refractivity contribution < 1.29 is 4.39 Å². The monoisotopic (exact) mass is 247 g/mol. The fraction of sp³-hybridized carbons (Fsp3) is 0.357. The Morgan fingerprint density at radius 3 is 2.78 bits per heavy atom. The van der Waals surface area contributed by atoms with Crippen molar-refractivity contribution in [1.82, 2.24) is 15.1 Å². The first-order chi connectivity index (χ1) is 8.61. The highest BCUT2D eigenvalue weighted by Crippen LogP contribution is 2.22. The number of hydrogen-bond donors (Lipinski definition) is 1. The predicted octanol–water partition coefficient (Wildman–Crippen LogP) is 2.30. The molecule has 96 valence electrons. The minimum Gasteiger partial charge on any atom is -0.319 e. The third-order valence-electron chi connectivity index (χ3n) is 3.02. The number of halogens is 1. The van der Waals surface area contributed by atoms with E-state index in [1.54, 1.807) is 13.0 Å². The molecule has 0 fully saturated rings. The van der Waals surface area contributed by atoms with Gasteiger partial charge >= 0.3 is 0 Å². The van der Waals surface area contributed by atoms with Gasteiger partial charge in [0.05, 0.1) is 11.4 Å². The summed E-state index contributed by atoms with van der Waals surface area (Å²) in [5.74, 6) is -0.170. The molecule has 0 spiro atoms. The number of benzene rings is 1. The largest absolute Gasteiger partial charge is 0.319 e. The molecule has 4 heteroatoms. The van der Waals surface area contributed by atoms with Gasteiger partial charge in [0.25, 0.3) is 0 Å². The molecule has 0 bridgehead atoms. The maximum absolute atomic E-state index is 13.3. The Balaban J connectivity index is 2.32. The Morgan fingerprint density at radius 1 is 1.33 bits per heavy atom. The van der Waals surface area contributed by atoms with Crippen molar-refractivity contribution in [3.63, 3.8) is 0 Å². The quantitative estimate of drug-likeness (QED) is 0.898. The summed E-state index contributed by atoms with van der Waals surface area (Å²) >= 11 is 0. The average molecular weight is 247 g/mol. The minimum absolute atomic E-state index is 0.170. The molecule has 0 unspecified atom stereocenters. The zero-order chi connectivity index (χ0) is 13.1. The molecule has 0 aliphatic carbocycles. The fourth-order valence-corrected chi connectivity index (χ4v) is 1.98. The molecule has 0 amide bonds. The van der Waals surface area contributed by atoms with E-state index >= 15 is 0 Å². The Hall–Kier alpha value is -1.68. The van der Waals surface area contributed by atoms with E-state index in [2.05, 4.69) is 16.5 Å². The summed E-state index contributed by atoms with van der Waals surface area (Å²) in [6.45, 7) is 2.68. The van der Waals surface area contributed by atoms with E-state index in [4.69, 9.17) is 0 Å². The number of likely N-dealkylation sites (N-methyl/N-ethyl adjacent to an activating group) is 1. The molecule has 0 aliphatic heterocycles. The number of hydrogen-bond acceptors (Lipinski definition) is 2. The lowest BCUT2D eigenvalue weighted by molar-refractivity contribution is 0.618. The molecule has 0 saturated carbocycles. The van der Waals surface area contributed by atoms with Crippen LogP contribution >= 0.6 is 0 Å². The molecule has 1 N–H and O–H groups in total. The molecule has 1 aromatic carbocycles. The van der Waals surface area contributed by atoms with E-state index < -0.39 is 0 Å². The highest BCUT2D eigenvalue weighted by molar-refractivity contribution is 5.61. The number of aryl methyl sites for hydroxylation is 2. The number of nitrogens with zero attached hydrogens (tertiary/aromatic N) is 2. The van der Waals surface area contributed by atoms with Crippen LogP contribution in [-0.4, -0.2) is 23.4 Å². The van der Waals surface area contributed by atoms with Crippen molar-refractivity contribution in [3.8, 4) is 11.3 Å². The smallest absolute Gasteiger partial charge is 0.126 e. The average Bonchev–Trinajstić information content (AvgIpc) is 2.71. The van der Waals surface area contributed by atoms with Crippen molar-refractivity contribution in [2.75, 3.05) is 13.6 Å². The standard InChI is InChI=1S/C14H18FN3/c1-10-8-11(4-5-13(10)15)14-9-12(6-7-16-2)17-18(14)3/h4-5,8-9,16H,6-7H2,1-3H3. The zero-order valence-electron chi connectivity index (χ0n) is 11.0. The van der Waals surface area contributed by atoms with Crippen LogP contribution in [0.25, 0.3) is 11.3 Å². The van der Waals surface area contributed by atoms with Crippen LogP contribution in [0.5, 0.6) is 0 Å². The lowest BCUT2D eigenvalue weighted by Gasteiger charge is -2.03. The third kappa shape index (κ3) is 2.59. The lowest BCUT2D eigenvalue weighted by atomic mass is 10.1. The number of rotatable bonds is 4. The van der Waals surface area contributed by atoms with Crippen molar-refractivity contribution in [3.05, 3.63) is 41.3 Å². The van der Waals surface area contributed by atoms with Crippen LogP contribution < -0.4 is 5.32 Å². The van der Waals surface area contributed by atoms with Crippen LogP contribution in [0, 0.1) is 12.7 Å². The van der Waals surface area contributed by atoms with Gasteiger partial charge in [0.15, 0.2) is 0 Å². The first-order valence-corrected chi connectivity index (χ1v) is 6.06. The number of nitrogens with one attached hydrogen (secondary N) is 1. The molecule has 3 nitrogen and oxygen atoms in total. The van der Waals surface area contributed by atoms with Crippen LogP contribution in [0.2, 0.25) is 0 Å². The van der Waals surface area contributed by atoms with Crippen molar-refractivity contribution in [2.45, 2.75) is 13.3 Å². The fourth-order valence-electron chi connectivity index (χ4n) is 1.98. The Labute approximate surface area is 107 Å². The summed E-state index contributed by atoms with van der Waals surface area (Å²) in [5.41, 5.74) is 3.72. The third-order valence-corrected chi connectivity index (χ3v) is 3.02. The maximum atomic E-state index is 13.3. The molecule has 18 heavy (non-hydrogen) atoms. The second kappa shape index (κ2) is 5.31. The lowest BCUT2D eigenvalue weighted by Crippen LogP contribution is -2.10. The molecule has 2 aromatic rings. The summed E-state index contributed by atoms with van der Waals surface area (Å²) in [6, 6.07) is 7.21. The van der Waals surface area contributed by atoms with Gasteiger partial charge in [-0.2, -0.15) is 5.10 Å². The first-order valence-electron chi connectivity index (χ1n) is 6.06. The molecule has 2 rings (SSSR count). The van der Waals surface area contributed by atoms with Gasteiger partial charge in [-0.3, -0.25) is 4.68 Å². The van der Waals surface area contributed by atoms with Gasteiger partial charge in [-0.1, -0.05) is 0 Å². The summed E-state index contributed by atoms with van der Waals surface area (Å²) < 4.78 is 15.1. The number of aromatic nitrogens is 2. The maximum Gasteiger partial charge on any atom is 0.126 e.